The van der Waals surface area contributed by atoms with Crippen molar-refractivity contribution in [2.45, 2.75) is 19.5 Å². The summed E-state index contributed by atoms with van der Waals surface area (Å²) in [5, 5.41) is 12.2. The summed E-state index contributed by atoms with van der Waals surface area (Å²) in [6.45, 7) is 2.56. The smallest absolute Gasteiger partial charge is 0.124 e. The summed E-state index contributed by atoms with van der Waals surface area (Å²) in [7, 11) is 0. The monoisotopic (exact) mass is 332 g/mol. The van der Waals surface area contributed by atoms with E-state index in [1.807, 2.05) is 37.3 Å². The van der Waals surface area contributed by atoms with Gasteiger partial charge in [-0.25, -0.2) is 4.39 Å². The van der Waals surface area contributed by atoms with E-state index in [0.29, 0.717) is 12.1 Å². The Balaban J connectivity index is 2.05. The average Bonchev–Trinajstić information content (AvgIpc) is 2.44. The summed E-state index contributed by atoms with van der Waals surface area (Å²) in [6.07, 6.45) is 0. The highest BCUT2D eigenvalue weighted by Crippen LogP contribution is 2.18. The number of benzene rings is 2. The third-order valence-electron chi connectivity index (χ3n) is 3.05. The van der Waals surface area contributed by atoms with Crippen LogP contribution in [0.2, 0.25) is 0 Å². The molecule has 0 aromatic heterocycles. The van der Waals surface area contributed by atoms with Crippen molar-refractivity contribution in [2.75, 3.05) is 0 Å². The molecule has 0 aliphatic carbocycles. The van der Waals surface area contributed by atoms with Crippen LogP contribution in [0.15, 0.2) is 46.9 Å². The Labute approximate surface area is 126 Å². The Morgan fingerprint density at radius 1 is 1.30 bits per heavy atom. The topological polar surface area (TPSA) is 35.8 Å². The number of rotatable bonds is 4. The molecule has 0 aliphatic rings. The Morgan fingerprint density at radius 3 is 2.80 bits per heavy atom. The molecule has 0 amide bonds. The van der Waals surface area contributed by atoms with Gasteiger partial charge >= 0.3 is 0 Å². The van der Waals surface area contributed by atoms with Gasteiger partial charge in [0, 0.05) is 17.1 Å². The number of nitrogens with one attached hydrogen (secondary N) is 1. The van der Waals surface area contributed by atoms with Crippen LogP contribution in [0.3, 0.4) is 0 Å². The first-order chi connectivity index (χ1) is 9.58. The molecule has 0 spiro atoms. The summed E-state index contributed by atoms with van der Waals surface area (Å²) in [6, 6.07) is 14.5. The van der Waals surface area contributed by atoms with Crippen LogP contribution in [0.4, 0.5) is 4.39 Å². The summed E-state index contributed by atoms with van der Waals surface area (Å²) >= 11 is 3.44. The maximum Gasteiger partial charge on any atom is 0.124 e. The van der Waals surface area contributed by atoms with E-state index in [4.69, 9.17) is 5.26 Å². The maximum absolute atomic E-state index is 13.3. The van der Waals surface area contributed by atoms with Gasteiger partial charge in [0.1, 0.15) is 5.82 Å². The zero-order valence-electron chi connectivity index (χ0n) is 11.0. The van der Waals surface area contributed by atoms with Crippen molar-refractivity contribution in [3.05, 3.63) is 69.4 Å². The largest absolute Gasteiger partial charge is 0.306 e. The highest BCUT2D eigenvalue weighted by Gasteiger charge is 2.06. The molecule has 0 saturated heterocycles. The lowest BCUT2D eigenvalue weighted by atomic mass is 10.1. The number of nitriles is 1. The van der Waals surface area contributed by atoms with E-state index in [1.54, 1.807) is 6.07 Å². The second-order valence-corrected chi connectivity index (χ2v) is 5.53. The van der Waals surface area contributed by atoms with E-state index >= 15 is 0 Å². The van der Waals surface area contributed by atoms with E-state index < -0.39 is 0 Å². The van der Waals surface area contributed by atoms with Gasteiger partial charge in [0.2, 0.25) is 0 Å². The first-order valence-electron chi connectivity index (χ1n) is 6.27. The zero-order chi connectivity index (χ0) is 14.5. The predicted molar refractivity (Wildman–Crippen MR) is 80.5 cm³/mol. The van der Waals surface area contributed by atoms with E-state index in [1.165, 1.54) is 12.1 Å². The third-order valence-corrected chi connectivity index (χ3v) is 3.54. The number of hydrogen-bond donors (Lipinski definition) is 1. The van der Waals surface area contributed by atoms with Crippen molar-refractivity contribution in [3.63, 3.8) is 0 Å². The van der Waals surface area contributed by atoms with Gasteiger partial charge in [-0.3, -0.25) is 0 Å². The maximum atomic E-state index is 13.3. The molecule has 2 nitrogen and oxygen atoms in total. The number of hydrogen-bond acceptors (Lipinski definition) is 2. The standard InChI is InChI=1S/C16H14BrFN2/c1-11(14-3-2-4-15(17)8-14)20-10-13-5-12(9-19)6-16(18)7-13/h2-8,11,20H,10H2,1H3/t11-/m0/s1. The van der Waals surface area contributed by atoms with Crippen LogP contribution in [0.5, 0.6) is 0 Å². The highest BCUT2D eigenvalue weighted by molar-refractivity contribution is 9.10. The molecule has 102 valence electrons. The van der Waals surface area contributed by atoms with Crippen LogP contribution in [-0.4, -0.2) is 0 Å². The quantitative estimate of drug-likeness (QED) is 0.905. The fraction of sp³-hybridized carbons (Fsp3) is 0.188. The molecular formula is C16H14BrFN2. The molecule has 0 unspecified atom stereocenters. The lowest BCUT2D eigenvalue weighted by molar-refractivity contribution is 0.569. The van der Waals surface area contributed by atoms with Crippen molar-refractivity contribution >= 4 is 15.9 Å². The second-order valence-electron chi connectivity index (χ2n) is 4.62. The minimum absolute atomic E-state index is 0.140. The van der Waals surface area contributed by atoms with Crippen LogP contribution in [-0.2, 0) is 6.54 Å². The second kappa shape index (κ2) is 6.65. The SMILES string of the molecule is C[C@H](NCc1cc(F)cc(C#N)c1)c1cccc(Br)c1. The number of nitrogens with zero attached hydrogens (tertiary/aromatic N) is 1. The van der Waals surface area contributed by atoms with Crippen molar-refractivity contribution in [2.24, 2.45) is 0 Å². The van der Waals surface area contributed by atoms with E-state index in [-0.39, 0.29) is 11.9 Å². The molecule has 2 aromatic rings. The van der Waals surface area contributed by atoms with E-state index in [2.05, 4.69) is 21.2 Å². The van der Waals surface area contributed by atoms with Crippen LogP contribution in [0.25, 0.3) is 0 Å². The minimum atomic E-state index is -0.379. The summed E-state index contributed by atoms with van der Waals surface area (Å²) in [5.41, 5.74) is 2.26. The molecule has 0 fully saturated rings. The molecule has 4 heteroatoms. The average molecular weight is 333 g/mol. The van der Waals surface area contributed by atoms with Gasteiger partial charge < -0.3 is 5.32 Å². The molecule has 2 rings (SSSR count). The van der Waals surface area contributed by atoms with Crippen LogP contribution in [0, 0.1) is 17.1 Å². The molecule has 1 N–H and O–H groups in total. The zero-order valence-corrected chi connectivity index (χ0v) is 12.6. The van der Waals surface area contributed by atoms with Crippen LogP contribution in [0.1, 0.15) is 29.7 Å². The molecule has 0 saturated carbocycles. The molecule has 20 heavy (non-hydrogen) atoms. The number of halogens is 2. The van der Waals surface area contributed by atoms with Gasteiger partial charge in [-0.1, -0.05) is 28.1 Å². The summed E-state index contributed by atoms with van der Waals surface area (Å²) in [4.78, 5) is 0. The van der Waals surface area contributed by atoms with Gasteiger partial charge in [-0.05, 0) is 48.4 Å². The van der Waals surface area contributed by atoms with Crippen LogP contribution >= 0.6 is 15.9 Å². The van der Waals surface area contributed by atoms with Gasteiger partial charge in [0.25, 0.3) is 0 Å². The van der Waals surface area contributed by atoms with Gasteiger partial charge in [-0.2, -0.15) is 5.26 Å². The van der Waals surface area contributed by atoms with Crippen molar-refractivity contribution < 1.29 is 4.39 Å². The molecule has 0 aliphatic heterocycles. The van der Waals surface area contributed by atoms with E-state index in [0.717, 1.165) is 15.6 Å². The van der Waals surface area contributed by atoms with Crippen molar-refractivity contribution in [1.29, 1.82) is 5.26 Å². The van der Waals surface area contributed by atoms with Gasteiger partial charge in [0.05, 0.1) is 11.6 Å². The Hall–Kier alpha value is -1.70. The van der Waals surface area contributed by atoms with Gasteiger partial charge in [0.15, 0.2) is 0 Å². The highest BCUT2D eigenvalue weighted by atomic mass is 79.9. The molecule has 1 atom stereocenters. The Kier molecular flexibility index (Phi) is 4.89. The molecule has 0 radical (unpaired) electrons. The molecule has 0 heterocycles. The Morgan fingerprint density at radius 2 is 2.10 bits per heavy atom. The first kappa shape index (κ1) is 14.7. The summed E-state index contributed by atoms with van der Waals surface area (Å²) in [5.74, 6) is -0.379. The molecule has 0 bridgehead atoms. The van der Waals surface area contributed by atoms with Crippen molar-refractivity contribution in [3.8, 4) is 6.07 Å². The predicted octanol–water partition coefficient (Wildman–Crippen LogP) is 4.31. The van der Waals surface area contributed by atoms with Crippen molar-refractivity contribution in [1.82, 2.24) is 5.32 Å². The Bertz CT molecular complexity index is 649. The lowest BCUT2D eigenvalue weighted by Crippen LogP contribution is -2.18. The van der Waals surface area contributed by atoms with E-state index in [9.17, 15) is 4.39 Å². The fourth-order valence-electron chi connectivity index (χ4n) is 1.98. The third kappa shape index (κ3) is 3.89. The van der Waals surface area contributed by atoms with Crippen LogP contribution < -0.4 is 5.32 Å². The first-order valence-corrected chi connectivity index (χ1v) is 7.06. The fourth-order valence-corrected chi connectivity index (χ4v) is 2.40. The molecular weight excluding hydrogens is 319 g/mol. The normalized spacial score (nSPS) is 11.9. The lowest BCUT2D eigenvalue weighted by Gasteiger charge is -2.15. The molecule has 2 aromatic carbocycles. The minimum Gasteiger partial charge on any atom is -0.306 e. The van der Waals surface area contributed by atoms with Gasteiger partial charge in [-0.15, -0.1) is 0 Å². The summed E-state index contributed by atoms with van der Waals surface area (Å²) < 4.78 is 14.4.